The highest BCUT2D eigenvalue weighted by Gasteiger charge is 2.32. The van der Waals surface area contributed by atoms with Gasteiger partial charge in [0, 0.05) is 18.2 Å². The minimum absolute atomic E-state index is 0.273. The lowest BCUT2D eigenvalue weighted by Crippen LogP contribution is -2.22. The molecule has 1 aliphatic rings. The van der Waals surface area contributed by atoms with E-state index in [0.29, 0.717) is 24.2 Å². The van der Waals surface area contributed by atoms with Crippen LogP contribution in [0.15, 0.2) is 60.8 Å². The minimum Gasteiger partial charge on any atom is -0.463 e. The van der Waals surface area contributed by atoms with Crippen molar-refractivity contribution in [3.63, 3.8) is 0 Å². The number of aryl methyl sites for hydroxylation is 1. The summed E-state index contributed by atoms with van der Waals surface area (Å²) in [6.07, 6.45) is 1.20. The Morgan fingerprint density at radius 2 is 1.93 bits per heavy atom. The Labute approximate surface area is 162 Å². The molecule has 142 valence electrons. The first-order chi connectivity index (χ1) is 13.6. The Morgan fingerprint density at radius 3 is 2.61 bits per heavy atom. The summed E-state index contributed by atoms with van der Waals surface area (Å²) in [4.78, 5) is 24.4. The van der Waals surface area contributed by atoms with Crippen LogP contribution in [-0.4, -0.2) is 34.4 Å². The van der Waals surface area contributed by atoms with E-state index in [1.54, 1.807) is 10.9 Å². The smallest absolute Gasteiger partial charge is 0.347 e. The summed E-state index contributed by atoms with van der Waals surface area (Å²) >= 11 is 0. The van der Waals surface area contributed by atoms with Crippen LogP contribution in [0, 0.1) is 6.92 Å². The van der Waals surface area contributed by atoms with E-state index in [2.05, 4.69) is 5.10 Å². The Bertz CT molecular complexity index is 993. The van der Waals surface area contributed by atoms with Gasteiger partial charge in [-0.25, -0.2) is 9.59 Å². The summed E-state index contributed by atoms with van der Waals surface area (Å²) in [5.74, 6) is -1.07. The molecule has 0 amide bonds. The maximum Gasteiger partial charge on any atom is 0.347 e. The van der Waals surface area contributed by atoms with E-state index in [4.69, 9.17) is 9.47 Å². The van der Waals surface area contributed by atoms with Crippen LogP contribution < -0.4 is 0 Å². The van der Waals surface area contributed by atoms with Gasteiger partial charge in [0.2, 0.25) is 6.10 Å². The van der Waals surface area contributed by atoms with E-state index in [9.17, 15) is 9.59 Å². The molecule has 1 aromatic heterocycles. The van der Waals surface area contributed by atoms with Gasteiger partial charge in [0.1, 0.15) is 11.3 Å². The summed E-state index contributed by atoms with van der Waals surface area (Å²) in [6, 6.07) is 17.6. The van der Waals surface area contributed by atoms with Crippen molar-refractivity contribution in [2.75, 3.05) is 6.61 Å². The predicted molar refractivity (Wildman–Crippen MR) is 103 cm³/mol. The average molecular weight is 376 g/mol. The highest BCUT2D eigenvalue weighted by atomic mass is 16.6. The summed E-state index contributed by atoms with van der Waals surface area (Å²) in [5.41, 5.74) is 3.87. The number of hydrogen-bond acceptors (Lipinski definition) is 5. The van der Waals surface area contributed by atoms with Gasteiger partial charge in [-0.15, -0.1) is 0 Å². The number of carbonyl (C=O) groups excluding carboxylic acids is 2. The molecule has 6 nitrogen and oxygen atoms in total. The van der Waals surface area contributed by atoms with Gasteiger partial charge in [0.25, 0.3) is 0 Å². The van der Waals surface area contributed by atoms with E-state index in [1.165, 1.54) is 0 Å². The molecule has 0 N–H and O–H groups in total. The van der Waals surface area contributed by atoms with Crippen LogP contribution in [0.2, 0.25) is 0 Å². The lowest BCUT2D eigenvalue weighted by molar-refractivity contribution is -0.145. The summed E-state index contributed by atoms with van der Waals surface area (Å²) in [7, 11) is 0. The molecule has 0 unspecified atom stereocenters. The number of ether oxygens (including phenoxy) is 2. The van der Waals surface area contributed by atoms with Gasteiger partial charge in [-0.3, -0.25) is 4.68 Å². The van der Waals surface area contributed by atoms with Crippen LogP contribution in [0.25, 0.3) is 11.3 Å². The van der Waals surface area contributed by atoms with Crippen molar-refractivity contribution in [2.24, 2.45) is 0 Å². The summed E-state index contributed by atoms with van der Waals surface area (Å²) in [5, 5.41) is 4.62. The Balaban J connectivity index is 1.66. The first-order valence-electron chi connectivity index (χ1n) is 9.16. The molecular weight excluding hydrogens is 356 g/mol. The van der Waals surface area contributed by atoms with Crippen molar-refractivity contribution in [3.05, 3.63) is 77.5 Å². The molecular formula is C22H20N2O4. The van der Waals surface area contributed by atoms with Gasteiger partial charge < -0.3 is 9.47 Å². The number of esters is 2. The quantitative estimate of drug-likeness (QED) is 0.639. The van der Waals surface area contributed by atoms with Gasteiger partial charge in [-0.05, 0) is 12.5 Å². The molecule has 1 fully saturated rings. The molecule has 3 aromatic rings. The normalized spacial score (nSPS) is 16.0. The Morgan fingerprint density at radius 1 is 1.18 bits per heavy atom. The van der Waals surface area contributed by atoms with E-state index in [-0.39, 0.29) is 6.61 Å². The molecule has 0 spiro atoms. The van der Waals surface area contributed by atoms with Crippen molar-refractivity contribution in [3.8, 4) is 11.3 Å². The molecule has 2 heterocycles. The first-order valence-corrected chi connectivity index (χ1v) is 9.16. The molecule has 2 aromatic carbocycles. The van der Waals surface area contributed by atoms with Crippen LogP contribution in [0.3, 0.4) is 0 Å². The molecule has 28 heavy (non-hydrogen) atoms. The molecule has 0 bridgehead atoms. The standard InChI is InChI=1S/C22H20N2O4/c1-15-7-9-17(10-8-15)20-18(21(25)28-19-11-12-27-22(19)26)14-24(23-20)13-16-5-3-2-4-6-16/h2-10,14,19H,11-13H2,1H3/t19-/m0/s1. The zero-order chi connectivity index (χ0) is 19.5. The van der Waals surface area contributed by atoms with Crippen LogP contribution >= 0.6 is 0 Å². The number of nitrogens with zero attached hydrogens (tertiary/aromatic N) is 2. The van der Waals surface area contributed by atoms with Crippen molar-refractivity contribution in [1.29, 1.82) is 0 Å². The summed E-state index contributed by atoms with van der Waals surface area (Å²) < 4.78 is 12.0. The third-order valence-electron chi connectivity index (χ3n) is 4.63. The maximum atomic E-state index is 12.8. The number of carbonyl (C=O) groups is 2. The monoisotopic (exact) mass is 376 g/mol. The number of hydrogen-bond donors (Lipinski definition) is 0. The van der Waals surface area contributed by atoms with Crippen LogP contribution in [0.5, 0.6) is 0 Å². The fourth-order valence-electron chi connectivity index (χ4n) is 3.12. The van der Waals surface area contributed by atoms with Gasteiger partial charge in [-0.1, -0.05) is 60.2 Å². The average Bonchev–Trinajstić information content (AvgIpc) is 3.30. The van der Waals surface area contributed by atoms with Crippen molar-refractivity contribution in [1.82, 2.24) is 9.78 Å². The zero-order valence-corrected chi connectivity index (χ0v) is 15.5. The highest BCUT2D eigenvalue weighted by Crippen LogP contribution is 2.25. The number of benzene rings is 2. The molecule has 1 aliphatic heterocycles. The second kappa shape index (κ2) is 7.68. The molecule has 1 saturated heterocycles. The van der Waals surface area contributed by atoms with E-state index in [0.717, 1.165) is 16.7 Å². The Kier molecular flexibility index (Phi) is 4.93. The highest BCUT2D eigenvalue weighted by molar-refractivity contribution is 5.97. The fourth-order valence-corrected chi connectivity index (χ4v) is 3.12. The van der Waals surface area contributed by atoms with Gasteiger partial charge in [0.05, 0.1) is 13.2 Å². The van der Waals surface area contributed by atoms with E-state index in [1.807, 2.05) is 61.5 Å². The van der Waals surface area contributed by atoms with E-state index >= 15 is 0 Å². The van der Waals surface area contributed by atoms with E-state index < -0.39 is 18.0 Å². The Hall–Kier alpha value is -3.41. The maximum absolute atomic E-state index is 12.8. The van der Waals surface area contributed by atoms with Gasteiger partial charge in [0.15, 0.2) is 0 Å². The molecule has 6 heteroatoms. The molecule has 0 radical (unpaired) electrons. The predicted octanol–water partition coefficient (Wildman–Crippen LogP) is 3.38. The third-order valence-corrected chi connectivity index (χ3v) is 4.63. The fraction of sp³-hybridized carbons (Fsp3) is 0.227. The zero-order valence-electron chi connectivity index (χ0n) is 15.5. The number of rotatable bonds is 5. The topological polar surface area (TPSA) is 70.4 Å². The molecule has 0 saturated carbocycles. The van der Waals surface area contributed by atoms with Gasteiger partial charge >= 0.3 is 11.9 Å². The molecule has 4 rings (SSSR count). The van der Waals surface area contributed by atoms with Gasteiger partial charge in [-0.2, -0.15) is 5.10 Å². The SMILES string of the molecule is Cc1ccc(-c2nn(Cc3ccccc3)cc2C(=O)O[C@H]2CCOC2=O)cc1. The van der Waals surface area contributed by atoms with Crippen LogP contribution in [-0.2, 0) is 20.8 Å². The molecule has 0 aliphatic carbocycles. The lowest BCUT2D eigenvalue weighted by atomic mass is 10.1. The second-order valence-electron chi connectivity index (χ2n) is 6.79. The first kappa shape index (κ1) is 18.0. The summed E-state index contributed by atoms with van der Waals surface area (Å²) in [6.45, 7) is 2.80. The number of aromatic nitrogens is 2. The second-order valence-corrected chi connectivity index (χ2v) is 6.79. The van der Waals surface area contributed by atoms with Crippen molar-refractivity contribution < 1.29 is 19.1 Å². The minimum atomic E-state index is -0.851. The lowest BCUT2D eigenvalue weighted by Gasteiger charge is -2.08. The van der Waals surface area contributed by atoms with Crippen molar-refractivity contribution in [2.45, 2.75) is 26.0 Å². The third kappa shape index (κ3) is 3.81. The van der Waals surface area contributed by atoms with Crippen molar-refractivity contribution >= 4 is 11.9 Å². The van der Waals surface area contributed by atoms with Crippen LogP contribution in [0.1, 0.15) is 27.9 Å². The van der Waals surface area contributed by atoms with Crippen LogP contribution in [0.4, 0.5) is 0 Å². The molecule has 1 atom stereocenters. The number of cyclic esters (lactones) is 1. The largest absolute Gasteiger partial charge is 0.463 e.